The Labute approximate surface area is 118 Å². The van der Waals surface area contributed by atoms with Crippen molar-refractivity contribution in [1.82, 2.24) is 10.2 Å². The second kappa shape index (κ2) is 7.28. The van der Waals surface area contributed by atoms with Crippen molar-refractivity contribution >= 4 is 5.91 Å². The molecule has 0 spiro atoms. The van der Waals surface area contributed by atoms with E-state index < -0.39 is 0 Å². The molecule has 0 bridgehead atoms. The summed E-state index contributed by atoms with van der Waals surface area (Å²) in [6, 6.07) is 0. The Hall–Kier alpha value is -0.570. The van der Waals surface area contributed by atoms with Crippen LogP contribution in [0.15, 0.2) is 0 Å². The summed E-state index contributed by atoms with van der Waals surface area (Å²) in [6.07, 6.45) is 7.05. The Balaban J connectivity index is 1.78. The smallest absolute Gasteiger partial charge is 0.222 e. The van der Waals surface area contributed by atoms with E-state index in [2.05, 4.69) is 24.1 Å². The highest BCUT2D eigenvalue weighted by Gasteiger charge is 2.28. The van der Waals surface area contributed by atoms with Gasteiger partial charge in [0.2, 0.25) is 5.91 Å². The molecule has 19 heavy (non-hydrogen) atoms. The Kier molecular flexibility index (Phi) is 5.68. The van der Waals surface area contributed by atoms with Crippen molar-refractivity contribution in [2.75, 3.05) is 26.2 Å². The van der Waals surface area contributed by atoms with E-state index in [0.717, 1.165) is 44.9 Å². The molecule has 1 saturated heterocycles. The standard InChI is InChI=1S/C16H30N2O/c1-3-9-18(12-14-6-7-14)16(19)10-13(2)15-5-4-8-17-11-15/h13-15,17H,3-12H2,1-2H3. The van der Waals surface area contributed by atoms with Crippen LogP contribution in [0.5, 0.6) is 0 Å². The van der Waals surface area contributed by atoms with Gasteiger partial charge in [0.1, 0.15) is 0 Å². The Morgan fingerprint density at radius 3 is 2.74 bits per heavy atom. The molecule has 1 N–H and O–H groups in total. The summed E-state index contributed by atoms with van der Waals surface area (Å²) < 4.78 is 0. The fraction of sp³-hybridized carbons (Fsp3) is 0.938. The van der Waals surface area contributed by atoms with E-state index in [4.69, 9.17) is 0 Å². The SMILES string of the molecule is CCCN(CC1CC1)C(=O)CC(C)C1CCCNC1. The Morgan fingerprint density at radius 2 is 2.16 bits per heavy atom. The largest absolute Gasteiger partial charge is 0.342 e. The summed E-state index contributed by atoms with van der Waals surface area (Å²) in [5, 5.41) is 3.46. The lowest BCUT2D eigenvalue weighted by molar-refractivity contribution is -0.132. The van der Waals surface area contributed by atoms with Gasteiger partial charge in [0.25, 0.3) is 0 Å². The monoisotopic (exact) mass is 266 g/mol. The molecule has 2 atom stereocenters. The highest BCUT2D eigenvalue weighted by molar-refractivity contribution is 5.76. The lowest BCUT2D eigenvalue weighted by atomic mass is 9.85. The van der Waals surface area contributed by atoms with E-state index in [9.17, 15) is 4.79 Å². The van der Waals surface area contributed by atoms with E-state index >= 15 is 0 Å². The molecule has 0 aromatic carbocycles. The van der Waals surface area contributed by atoms with Crippen molar-refractivity contribution in [3.05, 3.63) is 0 Å². The van der Waals surface area contributed by atoms with Crippen LogP contribution in [-0.2, 0) is 4.79 Å². The zero-order valence-electron chi connectivity index (χ0n) is 12.7. The van der Waals surface area contributed by atoms with Gasteiger partial charge in [-0.1, -0.05) is 13.8 Å². The van der Waals surface area contributed by atoms with E-state index in [-0.39, 0.29) is 0 Å². The molecule has 3 heteroatoms. The highest BCUT2D eigenvalue weighted by Crippen LogP contribution is 2.30. The number of piperidine rings is 1. The number of hydrogen-bond donors (Lipinski definition) is 1. The summed E-state index contributed by atoms with van der Waals surface area (Å²) >= 11 is 0. The maximum Gasteiger partial charge on any atom is 0.222 e. The highest BCUT2D eigenvalue weighted by atomic mass is 16.2. The van der Waals surface area contributed by atoms with Crippen LogP contribution in [0.25, 0.3) is 0 Å². The molecule has 1 aliphatic carbocycles. The molecule has 1 aliphatic heterocycles. The molecule has 2 unspecified atom stereocenters. The molecule has 110 valence electrons. The van der Waals surface area contributed by atoms with Crippen molar-refractivity contribution in [1.29, 1.82) is 0 Å². The Morgan fingerprint density at radius 1 is 1.37 bits per heavy atom. The van der Waals surface area contributed by atoms with Gasteiger partial charge in [-0.25, -0.2) is 0 Å². The number of nitrogens with one attached hydrogen (secondary N) is 1. The molecule has 0 radical (unpaired) electrons. The third kappa shape index (κ3) is 4.79. The number of hydrogen-bond acceptors (Lipinski definition) is 2. The van der Waals surface area contributed by atoms with Gasteiger partial charge in [-0.2, -0.15) is 0 Å². The van der Waals surface area contributed by atoms with E-state index in [0.29, 0.717) is 17.7 Å². The van der Waals surface area contributed by atoms with E-state index in [1.165, 1.54) is 25.7 Å². The lowest BCUT2D eigenvalue weighted by Crippen LogP contribution is -2.38. The van der Waals surface area contributed by atoms with Crippen LogP contribution < -0.4 is 5.32 Å². The fourth-order valence-electron chi connectivity index (χ4n) is 3.14. The van der Waals surface area contributed by atoms with Crippen molar-refractivity contribution in [2.24, 2.45) is 17.8 Å². The number of nitrogens with zero attached hydrogens (tertiary/aromatic N) is 1. The summed E-state index contributed by atoms with van der Waals surface area (Å²) in [4.78, 5) is 14.6. The molecular formula is C16H30N2O. The van der Waals surface area contributed by atoms with Gasteiger partial charge >= 0.3 is 0 Å². The summed E-state index contributed by atoms with van der Waals surface area (Å²) in [7, 11) is 0. The molecule has 1 saturated carbocycles. The minimum Gasteiger partial charge on any atom is -0.342 e. The average Bonchev–Trinajstić information content (AvgIpc) is 3.23. The molecule has 1 heterocycles. The normalized spacial score (nSPS) is 25.1. The van der Waals surface area contributed by atoms with E-state index in [1.54, 1.807) is 0 Å². The van der Waals surface area contributed by atoms with Crippen LogP contribution in [0, 0.1) is 17.8 Å². The van der Waals surface area contributed by atoms with Crippen LogP contribution in [0.4, 0.5) is 0 Å². The quantitative estimate of drug-likeness (QED) is 0.768. The first-order valence-corrected chi connectivity index (χ1v) is 8.19. The number of carbonyl (C=O) groups is 1. The van der Waals surface area contributed by atoms with Crippen molar-refractivity contribution in [2.45, 2.75) is 52.4 Å². The van der Waals surface area contributed by atoms with Gasteiger partial charge in [-0.15, -0.1) is 0 Å². The molecule has 2 aliphatic rings. The summed E-state index contributed by atoms with van der Waals surface area (Å²) in [6.45, 7) is 8.65. The maximum absolute atomic E-state index is 12.5. The molecule has 2 fully saturated rings. The van der Waals surface area contributed by atoms with Gasteiger partial charge in [0.05, 0.1) is 0 Å². The van der Waals surface area contributed by atoms with Gasteiger partial charge < -0.3 is 10.2 Å². The fourth-order valence-corrected chi connectivity index (χ4v) is 3.14. The van der Waals surface area contributed by atoms with Crippen LogP contribution in [0.3, 0.4) is 0 Å². The third-order valence-corrected chi connectivity index (χ3v) is 4.66. The van der Waals surface area contributed by atoms with Crippen LogP contribution in [0.2, 0.25) is 0 Å². The lowest BCUT2D eigenvalue weighted by Gasteiger charge is -2.30. The van der Waals surface area contributed by atoms with Gasteiger partial charge in [-0.3, -0.25) is 4.79 Å². The topological polar surface area (TPSA) is 32.3 Å². The van der Waals surface area contributed by atoms with Gasteiger partial charge in [-0.05, 0) is 62.9 Å². The van der Waals surface area contributed by atoms with Gasteiger partial charge in [0, 0.05) is 19.5 Å². The number of carbonyl (C=O) groups excluding carboxylic acids is 1. The van der Waals surface area contributed by atoms with E-state index in [1.807, 2.05) is 0 Å². The molecule has 2 rings (SSSR count). The zero-order chi connectivity index (χ0) is 13.7. The first-order valence-electron chi connectivity index (χ1n) is 8.19. The van der Waals surface area contributed by atoms with Crippen molar-refractivity contribution < 1.29 is 4.79 Å². The zero-order valence-corrected chi connectivity index (χ0v) is 12.7. The Bertz CT molecular complexity index is 282. The van der Waals surface area contributed by atoms with Crippen LogP contribution in [-0.4, -0.2) is 37.0 Å². The van der Waals surface area contributed by atoms with Crippen molar-refractivity contribution in [3.63, 3.8) is 0 Å². The van der Waals surface area contributed by atoms with Crippen molar-refractivity contribution in [3.8, 4) is 0 Å². The number of amides is 1. The summed E-state index contributed by atoms with van der Waals surface area (Å²) in [5.74, 6) is 2.43. The number of rotatable bonds is 7. The predicted octanol–water partition coefficient (Wildman–Crippen LogP) is 2.66. The average molecular weight is 266 g/mol. The minimum absolute atomic E-state index is 0.395. The van der Waals surface area contributed by atoms with Gasteiger partial charge in [0.15, 0.2) is 0 Å². The maximum atomic E-state index is 12.5. The first kappa shape index (κ1) is 14.8. The first-order chi connectivity index (χ1) is 9.20. The molecular weight excluding hydrogens is 236 g/mol. The van der Waals surface area contributed by atoms with Crippen LogP contribution >= 0.6 is 0 Å². The van der Waals surface area contributed by atoms with Crippen LogP contribution in [0.1, 0.15) is 52.4 Å². The second-order valence-corrected chi connectivity index (χ2v) is 6.57. The molecule has 0 aromatic rings. The third-order valence-electron chi connectivity index (χ3n) is 4.66. The molecule has 1 amide bonds. The predicted molar refractivity (Wildman–Crippen MR) is 79.0 cm³/mol. The molecule has 0 aromatic heterocycles. The molecule has 3 nitrogen and oxygen atoms in total. The second-order valence-electron chi connectivity index (χ2n) is 6.57. The minimum atomic E-state index is 0.395. The summed E-state index contributed by atoms with van der Waals surface area (Å²) in [5.41, 5.74) is 0.